The van der Waals surface area contributed by atoms with Gasteiger partial charge in [-0.05, 0) is 68.6 Å². The summed E-state index contributed by atoms with van der Waals surface area (Å²) in [5.41, 5.74) is 3.91. The van der Waals surface area contributed by atoms with Gasteiger partial charge in [-0.1, -0.05) is 12.1 Å². The zero-order valence-corrected chi connectivity index (χ0v) is 16.8. The quantitative estimate of drug-likeness (QED) is 0.442. The molecule has 0 aliphatic carbocycles. The van der Waals surface area contributed by atoms with Crippen LogP contribution in [0.5, 0.6) is 11.5 Å². The summed E-state index contributed by atoms with van der Waals surface area (Å²) in [6.07, 6.45) is 1.49. The molecule has 8 heteroatoms. The zero-order valence-electron chi connectivity index (χ0n) is 13.6. The molecule has 25 heavy (non-hydrogen) atoms. The highest BCUT2D eigenvalue weighted by Gasteiger charge is 2.13. The largest absolute Gasteiger partial charge is 0.506 e. The number of hydrogen-bond donors (Lipinski definition) is 3. The highest BCUT2D eigenvalue weighted by atomic mass is 79.9. The van der Waals surface area contributed by atoms with Crippen LogP contribution >= 0.6 is 31.9 Å². The minimum atomic E-state index is -0.508. The van der Waals surface area contributed by atoms with Crippen molar-refractivity contribution in [1.29, 1.82) is 0 Å². The summed E-state index contributed by atoms with van der Waals surface area (Å²) < 4.78 is 6.30. The number of aromatic hydroxyl groups is 1. The van der Waals surface area contributed by atoms with E-state index in [-0.39, 0.29) is 11.7 Å². The summed E-state index contributed by atoms with van der Waals surface area (Å²) in [7, 11) is 1.57. The van der Waals surface area contributed by atoms with Gasteiger partial charge in [0.2, 0.25) is 0 Å². The van der Waals surface area contributed by atoms with E-state index in [0.29, 0.717) is 20.3 Å². The summed E-state index contributed by atoms with van der Waals surface area (Å²) in [5, 5.41) is 16.7. The molecule has 132 valence electrons. The van der Waals surface area contributed by atoms with Gasteiger partial charge in [-0.15, -0.1) is 0 Å². The third-order valence-corrected chi connectivity index (χ3v) is 4.51. The molecule has 0 radical (unpaired) electrons. The van der Waals surface area contributed by atoms with E-state index in [1.165, 1.54) is 6.21 Å². The zero-order chi connectivity index (χ0) is 18.4. The number of para-hydroxylation sites is 2. The monoisotopic (exact) mass is 469 g/mol. The number of anilines is 1. The van der Waals surface area contributed by atoms with Crippen molar-refractivity contribution in [3.8, 4) is 11.5 Å². The Morgan fingerprint density at radius 2 is 1.92 bits per heavy atom. The van der Waals surface area contributed by atoms with Gasteiger partial charge < -0.3 is 15.2 Å². The smallest absolute Gasteiger partial charge is 0.262 e. The van der Waals surface area contributed by atoms with Gasteiger partial charge in [0.1, 0.15) is 17.5 Å². The number of phenolic OH excluding ortho intramolecular Hbond substituents is 1. The van der Waals surface area contributed by atoms with Crippen molar-refractivity contribution in [3.63, 3.8) is 0 Å². The number of ether oxygens (including phenoxy) is 1. The summed E-state index contributed by atoms with van der Waals surface area (Å²) in [6, 6.07) is 10.2. The van der Waals surface area contributed by atoms with Crippen LogP contribution in [0.25, 0.3) is 0 Å². The molecule has 1 atom stereocenters. The summed E-state index contributed by atoms with van der Waals surface area (Å²) >= 11 is 6.48. The number of benzene rings is 2. The molecule has 0 saturated carbocycles. The number of carbonyl (C=O) groups is 1. The second kappa shape index (κ2) is 8.87. The first-order valence-corrected chi connectivity index (χ1v) is 8.91. The SMILES string of the molecule is COc1ccccc1N[C@H](C)C(=O)N/N=C\c1cc(Br)c(O)c(Br)c1. The number of rotatable bonds is 6. The topological polar surface area (TPSA) is 83.0 Å². The molecule has 6 nitrogen and oxygen atoms in total. The number of phenols is 1. The van der Waals surface area contributed by atoms with E-state index in [0.717, 1.165) is 5.69 Å². The Kier molecular flexibility index (Phi) is 6.83. The molecule has 0 aromatic heterocycles. The molecule has 2 rings (SSSR count). The van der Waals surface area contributed by atoms with E-state index in [4.69, 9.17) is 4.74 Å². The van der Waals surface area contributed by atoms with E-state index in [1.807, 2.05) is 24.3 Å². The lowest BCUT2D eigenvalue weighted by Gasteiger charge is -2.15. The van der Waals surface area contributed by atoms with Crippen LogP contribution in [0.2, 0.25) is 0 Å². The number of nitrogens with one attached hydrogen (secondary N) is 2. The predicted octanol–water partition coefficient (Wildman–Crippen LogP) is 3.88. The van der Waals surface area contributed by atoms with Gasteiger partial charge in [-0.25, -0.2) is 5.43 Å². The van der Waals surface area contributed by atoms with Gasteiger partial charge in [0.25, 0.3) is 5.91 Å². The maximum Gasteiger partial charge on any atom is 0.262 e. The van der Waals surface area contributed by atoms with Crippen LogP contribution in [0.4, 0.5) is 5.69 Å². The third kappa shape index (κ3) is 5.20. The van der Waals surface area contributed by atoms with Crippen molar-refractivity contribution >= 4 is 49.7 Å². The van der Waals surface area contributed by atoms with Gasteiger partial charge in [0, 0.05) is 0 Å². The second-order valence-corrected chi connectivity index (χ2v) is 6.84. The Bertz CT molecular complexity index is 773. The minimum Gasteiger partial charge on any atom is -0.506 e. The maximum atomic E-state index is 12.1. The lowest BCUT2D eigenvalue weighted by Crippen LogP contribution is -2.35. The van der Waals surface area contributed by atoms with Crippen LogP contribution in [0, 0.1) is 0 Å². The predicted molar refractivity (Wildman–Crippen MR) is 105 cm³/mol. The molecular weight excluding hydrogens is 454 g/mol. The highest BCUT2D eigenvalue weighted by molar-refractivity contribution is 9.11. The van der Waals surface area contributed by atoms with Crippen LogP contribution in [0.3, 0.4) is 0 Å². The van der Waals surface area contributed by atoms with E-state index < -0.39 is 6.04 Å². The van der Waals surface area contributed by atoms with Gasteiger partial charge >= 0.3 is 0 Å². The van der Waals surface area contributed by atoms with Crippen LogP contribution in [0.1, 0.15) is 12.5 Å². The molecule has 1 amide bonds. The molecule has 2 aromatic carbocycles. The van der Waals surface area contributed by atoms with Crippen molar-refractivity contribution in [3.05, 3.63) is 50.9 Å². The molecule has 0 spiro atoms. The normalized spacial score (nSPS) is 12.0. The van der Waals surface area contributed by atoms with Crippen LogP contribution in [0.15, 0.2) is 50.4 Å². The Morgan fingerprint density at radius 1 is 1.28 bits per heavy atom. The van der Waals surface area contributed by atoms with Crippen molar-refractivity contribution in [2.75, 3.05) is 12.4 Å². The van der Waals surface area contributed by atoms with Gasteiger partial charge in [0.05, 0.1) is 28.0 Å². The van der Waals surface area contributed by atoms with Gasteiger partial charge in [0.15, 0.2) is 0 Å². The van der Waals surface area contributed by atoms with Gasteiger partial charge in [-0.2, -0.15) is 5.10 Å². The number of nitrogens with zero attached hydrogens (tertiary/aromatic N) is 1. The Morgan fingerprint density at radius 3 is 2.56 bits per heavy atom. The molecule has 3 N–H and O–H groups in total. The van der Waals surface area contributed by atoms with Crippen molar-refractivity contribution < 1.29 is 14.6 Å². The standard InChI is InChI=1S/C17H17Br2N3O3/c1-10(21-14-5-3-4-6-15(14)25-2)17(24)22-20-9-11-7-12(18)16(23)13(19)8-11/h3-10,21,23H,1-2H3,(H,22,24)/b20-9-/t10-/m1/s1. The van der Waals surface area contributed by atoms with Crippen LogP contribution in [-0.4, -0.2) is 30.4 Å². The first-order chi connectivity index (χ1) is 11.9. The van der Waals surface area contributed by atoms with E-state index in [9.17, 15) is 9.90 Å². The van der Waals surface area contributed by atoms with E-state index in [1.54, 1.807) is 26.2 Å². The van der Waals surface area contributed by atoms with Gasteiger partial charge in [-0.3, -0.25) is 4.79 Å². The molecule has 0 unspecified atom stereocenters. The van der Waals surface area contributed by atoms with E-state index >= 15 is 0 Å². The molecule has 0 bridgehead atoms. The first kappa shape index (κ1) is 19.3. The summed E-state index contributed by atoms with van der Waals surface area (Å²) in [5.74, 6) is 0.472. The van der Waals surface area contributed by atoms with Crippen molar-refractivity contribution in [2.45, 2.75) is 13.0 Å². The number of methoxy groups -OCH3 is 1. The number of hydrazone groups is 1. The lowest BCUT2D eigenvalue weighted by molar-refractivity contribution is -0.121. The highest BCUT2D eigenvalue weighted by Crippen LogP contribution is 2.32. The lowest BCUT2D eigenvalue weighted by atomic mass is 10.2. The third-order valence-electron chi connectivity index (χ3n) is 3.30. The molecule has 0 aliphatic rings. The maximum absolute atomic E-state index is 12.1. The summed E-state index contributed by atoms with van der Waals surface area (Å²) in [6.45, 7) is 1.73. The Labute approximate surface area is 162 Å². The number of amides is 1. The fraction of sp³-hybridized carbons (Fsp3) is 0.176. The average molecular weight is 471 g/mol. The summed E-state index contributed by atoms with van der Waals surface area (Å²) in [4.78, 5) is 12.1. The fourth-order valence-corrected chi connectivity index (χ4v) is 3.21. The van der Waals surface area contributed by atoms with Crippen LogP contribution in [-0.2, 0) is 4.79 Å². The molecule has 0 heterocycles. The minimum absolute atomic E-state index is 0.107. The molecule has 0 saturated heterocycles. The average Bonchev–Trinajstić information content (AvgIpc) is 2.59. The van der Waals surface area contributed by atoms with Crippen LogP contribution < -0.4 is 15.5 Å². The first-order valence-electron chi connectivity index (χ1n) is 7.33. The molecule has 2 aromatic rings. The number of halogens is 2. The van der Waals surface area contributed by atoms with Crippen molar-refractivity contribution in [2.24, 2.45) is 5.10 Å². The molecule has 0 fully saturated rings. The molecular formula is C17H17Br2N3O3. The Hall–Kier alpha value is -2.06. The number of hydrogen-bond acceptors (Lipinski definition) is 5. The number of carbonyl (C=O) groups excluding carboxylic acids is 1. The second-order valence-electron chi connectivity index (χ2n) is 5.13. The van der Waals surface area contributed by atoms with E-state index in [2.05, 4.69) is 47.7 Å². The van der Waals surface area contributed by atoms with Crippen molar-refractivity contribution in [1.82, 2.24) is 5.43 Å². The molecule has 0 aliphatic heterocycles. The fourth-order valence-electron chi connectivity index (χ4n) is 1.99. The Balaban J connectivity index is 1.97.